The Kier molecular flexibility index (Phi) is 9.34. The lowest BCUT2D eigenvalue weighted by Gasteiger charge is -2.36. The smallest absolute Gasteiger partial charge is 0.225 e. The third-order valence-corrected chi connectivity index (χ3v) is 4.14. The molecule has 2 N–H and O–H groups in total. The number of aliphatic imine (C=N–C) groups is 1. The molecule has 1 fully saturated rings. The Labute approximate surface area is 172 Å². The molecule has 2 heterocycles. The molecule has 0 radical (unpaired) electrons. The number of nitrogens with one attached hydrogen (secondary N) is 2. The van der Waals surface area contributed by atoms with Gasteiger partial charge < -0.3 is 20.1 Å². The predicted molar refractivity (Wildman–Crippen MR) is 113 cm³/mol. The molecule has 2 rings (SSSR count). The maximum atomic E-state index is 11.9. The number of hydrogen-bond acceptors (Lipinski definition) is 5. The van der Waals surface area contributed by atoms with E-state index in [1.165, 1.54) is 0 Å². The minimum absolute atomic E-state index is 0. The molecular weight excluding hydrogens is 447 g/mol. The molecule has 0 atom stereocenters. The first-order valence-corrected chi connectivity index (χ1v) is 8.75. The zero-order valence-electron chi connectivity index (χ0n) is 16.1. The number of rotatable bonds is 5. The highest BCUT2D eigenvalue weighted by Crippen LogP contribution is 2.12. The second-order valence-corrected chi connectivity index (χ2v) is 7.23. The number of hydrogen-bond donors (Lipinski definition) is 2. The monoisotopic (exact) mass is 478 g/mol. The van der Waals surface area contributed by atoms with E-state index in [9.17, 15) is 4.79 Å². The maximum absolute atomic E-state index is 11.9. The van der Waals surface area contributed by atoms with E-state index in [1.54, 1.807) is 13.3 Å². The second kappa shape index (κ2) is 10.7. The zero-order chi connectivity index (χ0) is 18.3. The van der Waals surface area contributed by atoms with E-state index in [-0.39, 0.29) is 35.3 Å². The Hall–Kier alpha value is -1.36. The standard InChI is InChI=1S/C17H30N6O2.HI/c1-17(2,3)15(24)19-6-7-20-16(18-4)23-10-8-22(9-11-23)13-14-5-12-25-21-14;/h5,12H,6-11,13H2,1-4H3,(H,18,20)(H,19,24);1H. The molecule has 0 aromatic carbocycles. The molecule has 26 heavy (non-hydrogen) atoms. The number of amides is 1. The van der Waals surface area contributed by atoms with Crippen LogP contribution in [0.15, 0.2) is 21.8 Å². The number of carbonyl (C=O) groups excluding carboxylic acids is 1. The van der Waals surface area contributed by atoms with E-state index < -0.39 is 0 Å². The van der Waals surface area contributed by atoms with Crippen molar-refractivity contribution in [3.63, 3.8) is 0 Å². The van der Waals surface area contributed by atoms with Crippen LogP contribution in [-0.2, 0) is 11.3 Å². The van der Waals surface area contributed by atoms with E-state index in [0.29, 0.717) is 13.1 Å². The summed E-state index contributed by atoms with van der Waals surface area (Å²) in [7, 11) is 1.79. The van der Waals surface area contributed by atoms with E-state index in [0.717, 1.165) is 44.4 Å². The first-order chi connectivity index (χ1) is 11.9. The summed E-state index contributed by atoms with van der Waals surface area (Å²) in [4.78, 5) is 20.8. The Balaban J connectivity index is 0.00000338. The molecule has 1 aliphatic rings. The van der Waals surface area contributed by atoms with Gasteiger partial charge in [-0.1, -0.05) is 25.9 Å². The van der Waals surface area contributed by atoms with Gasteiger partial charge in [0.2, 0.25) is 5.91 Å². The summed E-state index contributed by atoms with van der Waals surface area (Å²) in [5, 5.41) is 10.2. The van der Waals surface area contributed by atoms with Crippen LogP contribution in [0.25, 0.3) is 0 Å². The van der Waals surface area contributed by atoms with Gasteiger partial charge in [0, 0.05) is 64.3 Å². The third-order valence-electron chi connectivity index (χ3n) is 4.14. The van der Waals surface area contributed by atoms with Gasteiger partial charge in [-0.25, -0.2) is 0 Å². The highest BCUT2D eigenvalue weighted by molar-refractivity contribution is 14.0. The molecule has 0 bridgehead atoms. The molecule has 0 aliphatic carbocycles. The van der Waals surface area contributed by atoms with Gasteiger partial charge in [-0.15, -0.1) is 24.0 Å². The summed E-state index contributed by atoms with van der Waals surface area (Å²) in [5.74, 6) is 0.942. The van der Waals surface area contributed by atoms with Crippen molar-refractivity contribution in [1.82, 2.24) is 25.6 Å². The average Bonchev–Trinajstić information content (AvgIpc) is 3.08. The molecule has 1 aliphatic heterocycles. The van der Waals surface area contributed by atoms with Gasteiger partial charge in [0.1, 0.15) is 6.26 Å². The molecule has 0 spiro atoms. The Morgan fingerprint density at radius 1 is 1.23 bits per heavy atom. The highest BCUT2D eigenvalue weighted by atomic mass is 127. The van der Waals surface area contributed by atoms with Crippen molar-refractivity contribution >= 4 is 35.8 Å². The van der Waals surface area contributed by atoms with Crippen LogP contribution in [0.5, 0.6) is 0 Å². The topological polar surface area (TPSA) is 86.0 Å². The third kappa shape index (κ3) is 7.10. The molecule has 9 heteroatoms. The number of nitrogens with zero attached hydrogens (tertiary/aromatic N) is 4. The van der Waals surface area contributed by atoms with E-state index in [2.05, 4.69) is 30.6 Å². The fourth-order valence-electron chi connectivity index (χ4n) is 2.61. The van der Waals surface area contributed by atoms with Gasteiger partial charge in [0.05, 0.1) is 5.69 Å². The number of carbonyl (C=O) groups is 1. The summed E-state index contributed by atoms with van der Waals surface area (Å²) in [6.07, 6.45) is 1.61. The van der Waals surface area contributed by atoms with Gasteiger partial charge in [-0.05, 0) is 0 Å². The van der Waals surface area contributed by atoms with Crippen molar-refractivity contribution in [3.8, 4) is 0 Å². The Morgan fingerprint density at radius 3 is 2.42 bits per heavy atom. The second-order valence-electron chi connectivity index (χ2n) is 7.23. The highest BCUT2D eigenvalue weighted by Gasteiger charge is 2.21. The van der Waals surface area contributed by atoms with Crippen LogP contribution in [0.3, 0.4) is 0 Å². The van der Waals surface area contributed by atoms with Crippen molar-refractivity contribution in [2.75, 3.05) is 46.3 Å². The van der Waals surface area contributed by atoms with Crippen molar-refractivity contribution < 1.29 is 9.32 Å². The van der Waals surface area contributed by atoms with Gasteiger partial charge in [0.25, 0.3) is 0 Å². The average molecular weight is 478 g/mol. The molecule has 1 amide bonds. The van der Waals surface area contributed by atoms with E-state index in [4.69, 9.17) is 4.52 Å². The molecule has 8 nitrogen and oxygen atoms in total. The summed E-state index contributed by atoms with van der Waals surface area (Å²) in [6.45, 7) is 11.5. The Morgan fingerprint density at radius 2 is 1.88 bits per heavy atom. The molecular formula is C17H31IN6O2. The minimum atomic E-state index is -0.359. The molecule has 0 saturated carbocycles. The van der Waals surface area contributed by atoms with Crippen molar-refractivity contribution in [3.05, 3.63) is 18.0 Å². The lowest BCUT2D eigenvalue weighted by atomic mass is 9.96. The van der Waals surface area contributed by atoms with Gasteiger partial charge in [0.15, 0.2) is 5.96 Å². The molecule has 1 aromatic rings. The quantitative estimate of drug-likeness (QED) is 0.286. The molecule has 1 aromatic heterocycles. The Bertz CT molecular complexity index is 562. The summed E-state index contributed by atoms with van der Waals surface area (Å²) in [6, 6.07) is 1.90. The van der Waals surface area contributed by atoms with Crippen LogP contribution >= 0.6 is 24.0 Å². The van der Waals surface area contributed by atoms with Crippen molar-refractivity contribution in [2.45, 2.75) is 27.3 Å². The van der Waals surface area contributed by atoms with Crippen molar-refractivity contribution in [2.24, 2.45) is 10.4 Å². The van der Waals surface area contributed by atoms with Crippen LogP contribution in [0, 0.1) is 5.41 Å². The van der Waals surface area contributed by atoms with Gasteiger partial charge in [-0.2, -0.15) is 0 Å². The SMILES string of the molecule is CN=C(NCCNC(=O)C(C)(C)C)N1CCN(Cc2ccon2)CC1.I. The number of aromatic nitrogens is 1. The largest absolute Gasteiger partial charge is 0.364 e. The van der Waals surface area contributed by atoms with Crippen LogP contribution in [0.1, 0.15) is 26.5 Å². The van der Waals surface area contributed by atoms with Gasteiger partial charge >= 0.3 is 0 Å². The lowest BCUT2D eigenvalue weighted by Crippen LogP contribution is -2.53. The maximum Gasteiger partial charge on any atom is 0.225 e. The summed E-state index contributed by atoms with van der Waals surface area (Å²) < 4.78 is 4.88. The first kappa shape index (κ1) is 22.7. The van der Waals surface area contributed by atoms with Crippen LogP contribution in [0.4, 0.5) is 0 Å². The summed E-state index contributed by atoms with van der Waals surface area (Å²) >= 11 is 0. The number of halogens is 1. The molecule has 0 unspecified atom stereocenters. The molecule has 1 saturated heterocycles. The van der Waals surface area contributed by atoms with Crippen molar-refractivity contribution in [1.29, 1.82) is 0 Å². The van der Waals surface area contributed by atoms with Crippen LogP contribution < -0.4 is 10.6 Å². The minimum Gasteiger partial charge on any atom is -0.364 e. The fourth-order valence-corrected chi connectivity index (χ4v) is 2.61. The predicted octanol–water partition coefficient (Wildman–Crippen LogP) is 1.15. The van der Waals surface area contributed by atoms with Gasteiger partial charge in [-0.3, -0.25) is 14.7 Å². The van der Waals surface area contributed by atoms with E-state index in [1.807, 2.05) is 26.8 Å². The number of piperazine rings is 1. The fraction of sp³-hybridized carbons (Fsp3) is 0.706. The first-order valence-electron chi connectivity index (χ1n) is 8.75. The lowest BCUT2D eigenvalue weighted by molar-refractivity contribution is -0.128. The van der Waals surface area contributed by atoms with E-state index >= 15 is 0 Å². The van der Waals surface area contributed by atoms with Crippen LogP contribution in [0.2, 0.25) is 0 Å². The normalized spacial score (nSPS) is 16.2. The summed E-state index contributed by atoms with van der Waals surface area (Å²) in [5.41, 5.74) is 0.604. The van der Waals surface area contributed by atoms with Crippen LogP contribution in [-0.4, -0.2) is 73.1 Å². The molecule has 148 valence electrons. The number of guanidine groups is 1. The zero-order valence-corrected chi connectivity index (χ0v) is 18.4.